The van der Waals surface area contributed by atoms with Crippen molar-refractivity contribution in [1.29, 1.82) is 0 Å². The van der Waals surface area contributed by atoms with Crippen LogP contribution in [0, 0.1) is 5.92 Å². The van der Waals surface area contributed by atoms with Gasteiger partial charge >= 0.3 is 5.97 Å². The first kappa shape index (κ1) is 19.9. The number of hydrogen-bond acceptors (Lipinski definition) is 6. The fourth-order valence-electron chi connectivity index (χ4n) is 2.28. The van der Waals surface area contributed by atoms with Gasteiger partial charge in [-0.15, -0.1) is 0 Å². The second kappa shape index (κ2) is 8.31. The third-order valence-corrected chi connectivity index (χ3v) is 5.11. The van der Waals surface area contributed by atoms with Crippen LogP contribution in [0.2, 0.25) is 0 Å². The van der Waals surface area contributed by atoms with Gasteiger partial charge in [0.05, 0.1) is 4.90 Å². The van der Waals surface area contributed by atoms with E-state index in [1.165, 1.54) is 13.0 Å². The Kier molecular flexibility index (Phi) is 6.36. The molecule has 0 bridgehead atoms. The van der Waals surface area contributed by atoms with Gasteiger partial charge in [-0.3, -0.25) is 14.5 Å². The molecule has 0 saturated carbocycles. The van der Waals surface area contributed by atoms with Crippen LogP contribution in [0.15, 0.2) is 34.2 Å². The molecule has 2 rings (SSSR count). The maximum Gasteiger partial charge on any atom is 0.331 e. The second-order valence-electron chi connectivity index (χ2n) is 6.40. The molecule has 1 aromatic rings. The van der Waals surface area contributed by atoms with Gasteiger partial charge in [0.25, 0.3) is 15.9 Å². The molecule has 0 fully saturated rings. The minimum Gasteiger partial charge on any atom is -0.454 e. The summed E-state index contributed by atoms with van der Waals surface area (Å²) in [6, 6.07) is 5.40. The van der Waals surface area contributed by atoms with Crippen molar-refractivity contribution in [2.45, 2.75) is 38.1 Å². The molecule has 0 spiro atoms. The topological polar surface area (TPSA) is 114 Å². The van der Waals surface area contributed by atoms with Gasteiger partial charge in [0.15, 0.2) is 6.61 Å². The van der Waals surface area contributed by atoms with Gasteiger partial charge in [-0.05, 0) is 31.4 Å². The van der Waals surface area contributed by atoms with Crippen LogP contribution in [0.3, 0.4) is 0 Å². The Morgan fingerprint density at radius 3 is 2.62 bits per heavy atom. The summed E-state index contributed by atoms with van der Waals surface area (Å²) >= 11 is 0. The van der Waals surface area contributed by atoms with Gasteiger partial charge in [0.1, 0.15) is 11.9 Å². The van der Waals surface area contributed by atoms with E-state index in [2.05, 4.69) is 15.0 Å². The lowest BCUT2D eigenvalue weighted by Crippen LogP contribution is -2.32. The summed E-state index contributed by atoms with van der Waals surface area (Å²) in [5.74, 6) is -0.538. The summed E-state index contributed by atoms with van der Waals surface area (Å²) in [6.07, 6.45) is 0.837. The summed E-state index contributed by atoms with van der Waals surface area (Å²) in [6.45, 7) is 5.69. The number of hydrogen-bond donors (Lipinski definition) is 2. The number of rotatable bonds is 7. The first-order valence-corrected chi connectivity index (χ1v) is 9.82. The maximum absolute atomic E-state index is 12.0. The van der Waals surface area contributed by atoms with E-state index in [-0.39, 0.29) is 16.6 Å². The molecule has 26 heavy (non-hydrogen) atoms. The highest BCUT2D eigenvalue weighted by atomic mass is 32.2. The van der Waals surface area contributed by atoms with Gasteiger partial charge in [-0.2, -0.15) is 0 Å². The van der Waals surface area contributed by atoms with Gasteiger partial charge in [-0.25, -0.2) is 13.2 Å². The molecule has 0 saturated heterocycles. The van der Waals surface area contributed by atoms with E-state index >= 15 is 0 Å². The van der Waals surface area contributed by atoms with E-state index in [1.807, 2.05) is 13.8 Å². The van der Waals surface area contributed by atoms with Crippen molar-refractivity contribution >= 4 is 27.7 Å². The van der Waals surface area contributed by atoms with E-state index in [9.17, 15) is 18.0 Å². The summed E-state index contributed by atoms with van der Waals surface area (Å²) in [5, 5.41) is 2.66. The van der Waals surface area contributed by atoms with E-state index in [1.54, 1.807) is 18.2 Å². The Balaban J connectivity index is 1.93. The number of nitrogens with one attached hydrogen (secondary N) is 2. The molecule has 1 aromatic carbocycles. The summed E-state index contributed by atoms with van der Waals surface area (Å²) in [5.41, 5.74) is 0.401. The van der Waals surface area contributed by atoms with Crippen LogP contribution in [0.25, 0.3) is 0 Å². The first-order valence-electron chi connectivity index (χ1n) is 8.34. The molecule has 1 aliphatic heterocycles. The SMILES string of the molecule is CC(C)CCNC(=O)COC(=O)C(C)N=C1NS(=O)(=O)c2ccccc21. The summed E-state index contributed by atoms with van der Waals surface area (Å²) in [7, 11) is -3.67. The van der Waals surface area contributed by atoms with Crippen LogP contribution < -0.4 is 10.0 Å². The van der Waals surface area contributed by atoms with Gasteiger partial charge in [-0.1, -0.05) is 26.0 Å². The molecule has 1 amide bonds. The van der Waals surface area contributed by atoms with Crippen molar-refractivity contribution in [3.63, 3.8) is 0 Å². The fourth-order valence-corrected chi connectivity index (χ4v) is 3.52. The fraction of sp³-hybridized carbons (Fsp3) is 0.471. The van der Waals surface area contributed by atoms with Crippen molar-refractivity contribution < 1.29 is 22.7 Å². The Morgan fingerprint density at radius 1 is 1.23 bits per heavy atom. The number of esters is 1. The molecule has 0 radical (unpaired) electrons. The van der Waals surface area contributed by atoms with Crippen LogP contribution >= 0.6 is 0 Å². The zero-order valence-corrected chi connectivity index (χ0v) is 15.8. The normalized spacial score (nSPS) is 17.5. The zero-order chi connectivity index (χ0) is 19.3. The van der Waals surface area contributed by atoms with E-state index < -0.39 is 28.6 Å². The van der Waals surface area contributed by atoms with Crippen LogP contribution in [0.1, 0.15) is 32.8 Å². The largest absolute Gasteiger partial charge is 0.454 e. The standard InChI is InChI=1S/C17H23N3O5S/c1-11(2)8-9-18-15(21)10-25-17(22)12(3)19-16-13-6-4-5-7-14(13)26(23,24)20-16/h4-7,11-12H,8-10H2,1-3H3,(H,18,21)(H,19,20). The molecule has 0 aliphatic carbocycles. The van der Waals surface area contributed by atoms with Crippen LogP contribution in [-0.4, -0.2) is 45.3 Å². The summed E-state index contributed by atoms with van der Waals surface area (Å²) in [4.78, 5) is 27.8. The number of nitrogens with zero attached hydrogens (tertiary/aromatic N) is 1. The average molecular weight is 381 g/mol. The second-order valence-corrected chi connectivity index (χ2v) is 8.05. The Hall–Kier alpha value is -2.42. The lowest BCUT2D eigenvalue weighted by atomic mass is 10.1. The third kappa shape index (κ3) is 5.04. The number of ether oxygens (including phenoxy) is 1. The molecular weight excluding hydrogens is 358 g/mol. The van der Waals surface area contributed by atoms with E-state index in [0.29, 0.717) is 18.0 Å². The van der Waals surface area contributed by atoms with Gasteiger partial charge in [0, 0.05) is 12.1 Å². The molecule has 1 atom stereocenters. The zero-order valence-electron chi connectivity index (χ0n) is 15.0. The van der Waals surface area contributed by atoms with Crippen molar-refractivity contribution in [1.82, 2.24) is 10.0 Å². The maximum atomic E-state index is 12.0. The van der Waals surface area contributed by atoms with E-state index in [0.717, 1.165) is 6.42 Å². The molecule has 8 nitrogen and oxygen atoms in total. The Bertz CT molecular complexity index is 817. The van der Waals surface area contributed by atoms with Gasteiger partial charge in [0.2, 0.25) is 0 Å². The molecule has 0 aromatic heterocycles. The van der Waals surface area contributed by atoms with Crippen molar-refractivity contribution in [3.05, 3.63) is 29.8 Å². The smallest absolute Gasteiger partial charge is 0.331 e. The van der Waals surface area contributed by atoms with Gasteiger partial charge < -0.3 is 10.1 Å². The highest BCUT2D eigenvalue weighted by Crippen LogP contribution is 2.22. The molecule has 1 heterocycles. The van der Waals surface area contributed by atoms with E-state index in [4.69, 9.17) is 4.74 Å². The molecule has 1 unspecified atom stereocenters. The minimum absolute atomic E-state index is 0.0893. The number of aliphatic imine (C=N–C) groups is 1. The quantitative estimate of drug-likeness (QED) is 0.679. The predicted molar refractivity (Wildman–Crippen MR) is 96.2 cm³/mol. The van der Waals surface area contributed by atoms with Crippen LogP contribution in [-0.2, 0) is 24.3 Å². The predicted octanol–water partition coefficient (Wildman–Crippen LogP) is 0.819. The van der Waals surface area contributed by atoms with Crippen molar-refractivity contribution in [2.75, 3.05) is 13.2 Å². The van der Waals surface area contributed by atoms with Crippen LogP contribution in [0.4, 0.5) is 0 Å². The number of amidine groups is 1. The third-order valence-electron chi connectivity index (χ3n) is 3.72. The lowest BCUT2D eigenvalue weighted by Gasteiger charge is -2.10. The lowest BCUT2D eigenvalue weighted by molar-refractivity contribution is -0.149. The number of benzene rings is 1. The molecule has 9 heteroatoms. The number of carbonyl (C=O) groups is 2. The number of fused-ring (bicyclic) bond motifs is 1. The number of sulfonamides is 1. The minimum atomic E-state index is -3.67. The highest BCUT2D eigenvalue weighted by molar-refractivity contribution is 7.90. The molecule has 1 aliphatic rings. The van der Waals surface area contributed by atoms with Crippen molar-refractivity contribution in [3.8, 4) is 0 Å². The first-order chi connectivity index (χ1) is 12.2. The Labute approximate surface area is 153 Å². The average Bonchev–Trinajstić information content (AvgIpc) is 2.83. The number of amides is 1. The molecular formula is C17H23N3O5S. The van der Waals surface area contributed by atoms with Crippen LogP contribution in [0.5, 0.6) is 0 Å². The number of carbonyl (C=O) groups excluding carboxylic acids is 2. The van der Waals surface area contributed by atoms with Crippen molar-refractivity contribution in [2.24, 2.45) is 10.9 Å². The Morgan fingerprint density at radius 2 is 1.92 bits per heavy atom. The highest BCUT2D eigenvalue weighted by Gasteiger charge is 2.31. The molecule has 142 valence electrons. The molecule has 2 N–H and O–H groups in total. The summed E-state index contributed by atoms with van der Waals surface area (Å²) < 4.78 is 31.3. The monoisotopic (exact) mass is 381 g/mol.